The van der Waals surface area contributed by atoms with E-state index in [-0.39, 0.29) is 11.3 Å². The number of hydrogen-bond donors (Lipinski definition) is 1. The van der Waals surface area contributed by atoms with E-state index in [0.717, 1.165) is 5.56 Å². The number of halogens is 1. The Morgan fingerprint density at radius 3 is 2.18 bits per heavy atom. The van der Waals surface area contributed by atoms with Crippen molar-refractivity contribution in [3.63, 3.8) is 0 Å². The molecular weight excluding hydrogens is 296 g/mol. The number of nitrogens with one attached hydrogen (secondary N) is 1. The van der Waals surface area contributed by atoms with Crippen LogP contribution < -0.4 is 5.43 Å². The summed E-state index contributed by atoms with van der Waals surface area (Å²) in [7, 11) is 0. The first kappa shape index (κ1) is 16.2. The topological polar surface area (TPSA) is 41.5 Å². The van der Waals surface area contributed by atoms with Crippen molar-refractivity contribution in [1.82, 2.24) is 5.43 Å². The Balaban J connectivity index is 1.99. The standard InChI is InChI=1S/C18H19ClN2O/c1-18(2,3)15-8-6-14(7-9-15)17(22)21-20-12-13-4-10-16(19)11-5-13/h4-12H,1-3H3,(H,21,22)/b20-12-. The lowest BCUT2D eigenvalue weighted by Crippen LogP contribution is -2.18. The first-order valence-corrected chi connectivity index (χ1v) is 7.43. The molecule has 0 heterocycles. The predicted octanol–water partition coefficient (Wildman–Crippen LogP) is 4.40. The summed E-state index contributed by atoms with van der Waals surface area (Å²) in [6.07, 6.45) is 1.58. The minimum absolute atomic E-state index is 0.0712. The van der Waals surface area contributed by atoms with Gasteiger partial charge in [0.05, 0.1) is 6.21 Å². The number of rotatable bonds is 3. The smallest absolute Gasteiger partial charge is 0.267 e. The van der Waals surface area contributed by atoms with E-state index in [1.807, 2.05) is 36.4 Å². The SMILES string of the molecule is CC(C)(C)c1ccc(C(=O)N/N=C\c2ccc(Cl)cc2)cc1. The summed E-state index contributed by atoms with van der Waals surface area (Å²) in [6.45, 7) is 6.41. The van der Waals surface area contributed by atoms with Crippen LogP contribution in [0.15, 0.2) is 53.6 Å². The second-order valence-corrected chi connectivity index (χ2v) is 6.51. The van der Waals surface area contributed by atoms with Gasteiger partial charge < -0.3 is 0 Å². The van der Waals surface area contributed by atoms with Gasteiger partial charge in [-0.15, -0.1) is 0 Å². The van der Waals surface area contributed by atoms with Crippen molar-refractivity contribution < 1.29 is 4.79 Å². The molecule has 0 radical (unpaired) electrons. The van der Waals surface area contributed by atoms with E-state index in [9.17, 15) is 4.79 Å². The molecule has 0 aliphatic carbocycles. The summed E-state index contributed by atoms with van der Waals surface area (Å²) in [6, 6.07) is 14.8. The molecule has 22 heavy (non-hydrogen) atoms. The Kier molecular flexibility index (Phi) is 4.99. The molecule has 0 saturated heterocycles. The molecule has 2 rings (SSSR count). The molecule has 0 unspecified atom stereocenters. The van der Waals surface area contributed by atoms with Gasteiger partial charge in [0.2, 0.25) is 0 Å². The molecule has 3 nitrogen and oxygen atoms in total. The monoisotopic (exact) mass is 314 g/mol. The molecule has 0 spiro atoms. The van der Waals surface area contributed by atoms with Crippen LogP contribution in [0.4, 0.5) is 0 Å². The molecule has 0 saturated carbocycles. The average Bonchev–Trinajstić information content (AvgIpc) is 2.48. The maximum Gasteiger partial charge on any atom is 0.271 e. The molecule has 0 bridgehead atoms. The predicted molar refractivity (Wildman–Crippen MR) is 91.7 cm³/mol. The Morgan fingerprint density at radius 2 is 1.64 bits per heavy atom. The van der Waals surface area contributed by atoms with Crippen molar-refractivity contribution in [1.29, 1.82) is 0 Å². The van der Waals surface area contributed by atoms with E-state index in [1.54, 1.807) is 18.3 Å². The Morgan fingerprint density at radius 1 is 1.05 bits per heavy atom. The van der Waals surface area contributed by atoms with Gasteiger partial charge >= 0.3 is 0 Å². The molecule has 4 heteroatoms. The zero-order chi connectivity index (χ0) is 16.2. The highest BCUT2D eigenvalue weighted by atomic mass is 35.5. The van der Waals surface area contributed by atoms with Gasteiger partial charge in [-0.2, -0.15) is 5.10 Å². The molecule has 114 valence electrons. The molecule has 0 aliphatic heterocycles. The van der Waals surface area contributed by atoms with Gasteiger partial charge in [-0.1, -0.05) is 56.6 Å². The zero-order valence-electron chi connectivity index (χ0n) is 12.9. The van der Waals surface area contributed by atoms with E-state index in [2.05, 4.69) is 31.3 Å². The second kappa shape index (κ2) is 6.75. The van der Waals surface area contributed by atoms with Crippen LogP contribution in [0.5, 0.6) is 0 Å². The number of hydrogen-bond acceptors (Lipinski definition) is 2. The average molecular weight is 315 g/mol. The molecule has 1 amide bonds. The maximum absolute atomic E-state index is 12.0. The van der Waals surface area contributed by atoms with E-state index in [4.69, 9.17) is 11.6 Å². The van der Waals surface area contributed by atoms with Gasteiger partial charge in [0.15, 0.2) is 0 Å². The fourth-order valence-electron chi connectivity index (χ4n) is 1.90. The highest BCUT2D eigenvalue weighted by Gasteiger charge is 2.14. The molecular formula is C18H19ClN2O. The summed E-state index contributed by atoms with van der Waals surface area (Å²) in [5.74, 6) is -0.231. The van der Waals surface area contributed by atoms with Gasteiger partial charge in [-0.3, -0.25) is 4.79 Å². The van der Waals surface area contributed by atoms with Gasteiger partial charge in [0.1, 0.15) is 0 Å². The van der Waals surface area contributed by atoms with Crippen LogP contribution in [-0.2, 0) is 5.41 Å². The third kappa shape index (κ3) is 4.43. The minimum Gasteiger partial charge on any atom is -0.267 e. The van der Waals surface area contributed by atoms with Crippen LogP contribution in [-0.4, -0.2) is 12.1 Å². The third-order valence-corrected chi connectivity index (χ3v) is 3.51. The summed E-state index contributed by atoms with van der Waals surface area (Å²) in [5.41, 5.74) is 5.23. The lowest BCUT2D eigenvalue weighted by atomic mass is 9.87. The largest absolute Gasteiger partial charge is 0.271 e. The quantitative estimate of drug-likeness (QED) is 0.662. The van der Waals surface area contributed by atoms with Gasteiger partial charge in [0, 0.05) is 10.6 Å². The van der Waals surface area contributed by atoms with E-state index in [1.165, 1.54) is 5.56 Å². The third-order valence-electron chi connectivity index (χ3n) is 3.26. The lowest BCUT2D eigenvalue weighted by molar-refractivity contribution is 0.0955. The minimum atomic E-state index is -0.231. The molecule has 2 aromatic rings. The summed E-state index contributed by atoms with van der Waals surface area (Å²) in [4.78, 5) is 12.0. The highest BCUT2D eigenvalue weighted by molar-refractivity contribution is 6.30. The van der Waals surface area contributed by atoms with Crippen LogP contribution in [0.25, 0.3) is 0 Å². The van der Waals surface area contributed by atoms with Crippen molar-refractivity contribution in [3.05, 3.63) is 70.2 Å². The van der Waals surface area contributed by atoms with Gasteiger partial charge in [0.25, 0.3) is 5.91 Å². The van der Waals surface area contributed by atoms with Crippen molar-refractivity contribution in [2.24, 2.45) is 5.10 Å². The summed E-state index contributed by atoms with van der Waals surface area (Å²) in [5, 5.41) is 4.62. The van der Waals surface area contributed by atoms with Crippen LogP contribution in [0.2, 0.25) is 5.02 Å². The zero-order valence-corrected chi connectivity index (χ0v) is 13.7. The van der Waals surface area contributed by atoms with Crippen LogP contribution >= 0.6 is 11.6 Å². The first-order valence-electron chi connectivity index (χ1n) is 7.06. The molecule has 2 aromatic carbocycles. The number of benzene rings is 2. The Hall–Kier alpha value is -2.13. The Bertz CT molecular complexity index is 668. The first-order chi connectivity index (χ1) is 10.4. The maximum atomic E-state index is 12.0. The van der Waals surface area contributed by atoms with Crippen LogP contribution in [0.3, 0.4) is 0 Å². The van der Waals surface area contributed by atoms with E-state index >= 15 is 0 Å². The number of nitrogens with zero attached hydrogens (tertiary/aromatic N) is 1. The molecule has 1 N–H and O–H groups in total. The number of carbonyl (C=O) groups is 1. The lowest BCUT2D eigenvalue weighted by Gasteiger charge is -2.18. The molecule has 0 fully saturated rings. The van der Waals surface area contributed by atoms with Crippen molar-refractivity contribution in [2.75, 3.05) is 0 Å². The van der Waals surface area contributed by atoms with Gasteiger partial charge in [-0.25, -0.2) is 5.43 Å². The number of hydrazone groups is 1. The van der Waals surface area contributed by atoms with Crippen molar-refractivity contribution in [2.45, 2.75) is 26.2 Å². The van der Waals surface area contributed by atoms with Crippen molar-refractivity contribution in [3.8, 4) is 0 Å². The summed E-state index contributed by atoms with van der Waals surface area (Å²) < 4.78 is 0. The van der Waals surface area contributed by atoms with E-state index in [0.29, 0.717) is 10.6 Å². The molecule has 0 aromatic heterocycles. The van der Waals surface area contributed by atoms with Crippen LogP contribution in [0, 0.1) is 0 Å². The number of carbonyl (C=O) groups excluding carboxylic acids is 1. The second-order valence-electron chi connectivity index (χ2n) is 6.08. The van der Waals surface area contributed by atoms with E-state index < -0.39 is 0 Å². The van der Waals surface area contributed by atoms with Crippen molar-refractivity contribution >= 4 is 23.7 Å². The summed E-state index contributed by atoms with van der Waals surface area (Å²) >= 11 is 5.81. The van der Waals surface area contributed by atoms with Gasteiger partial charge in [-0.05, 0) is 40.8 Å². The van der Waals surface area contributed by atoms with Crippen LogP contribution in [0.1, 0.15) is 42.3 Å². The fourth-order valence-corrected chi connectivity index (χ4v) is 2.03. The highest BCUT2D eigenvalue weighted by Crippen LogP contribution is 2.22. The Labute approximate surface area is 136 Å². The fraction of sp³-hybridized carbons (Fsp3) is 0.222. The molecule has 0 aliphatic rings. The normalized spacial score (nSPS) is 11.6. The number of amides is 1. The molecule has 0 atom stereocenters.